The molecule has 0 spiro atoms. The monoisotopic (exact) mass is 270 g/mol. The van der Waals surface area contributed by atoms with Crippen LogP contribution in [-0.4, -0.2) is 36.1 Å². The molecule has 0 aromatic rings. The van der Waals surface area contributed by atoms with E-state index >= 15 is 0 Å². The zero-order valence-electron chi connectivity index (χ0n) is 12.2. The summed E-state index contributed by atoms with van der Waals surface area (Å²) in [5.74, 6) is 0.876. The van der Waals surface area contributed by atoms with Gasteiger partial charge < -0.3 is 5.32 Å². The molecule has 2 nitrogen and oxygen atoms in total. The molecular weight excluding hydrogens is 244 g/mol. The molecule has 1 saturated heterocycles. The van der Waals surface area contributed by atoms with Gasteiger partial charge in [0, 0.05) is 36.8 Å². The summed E-state index contributed by atoms with van der Waals surface area (Å²) in [6.45, 7) is 12.6. The van der Waals surface area contributed by atoms with Crippen molar-refractivity contribution < 1.29 is 0 Å². The van der Waals surface area contributed by atoms with Crippen molar-refractivity contribution in [2.45, 2.75) is 52.1 Å². The lowest BCUT2D eigenvalue weighted by molar-refractivity contribution is 0.0289. The molecule has 1 heterocycles. The second-order valence-corrected chi connectivity index (χ2v) is 7.50. The Labute approximate surface area is 117 Å². The number of hydrogen-bond donors (Lipinski definition) is 1. The molecular formula is C15H27ClN2. The molecule has 0 amide bonds. The maximum absolute atomic E-state index is 5.71. The Balaban J connectivity index is 2.09. The number of halogens is 1. The second kappa shape index (κ2) is 5.15. The van der Waals surface area contributed by atoms with Crippen molar-refractivity contribution in [3.63, 3.8) is 0 Å². The first-order chi connectivity index (χ1) is 8.37. The van der Waals surface area contributed by atoms with E-state index in [0.29, 0.717) is 17.0 Å². The minimum atomic E-state index is 0.304. The SMILES string of the molecule is CC(C)(C)C1CNC(C)(C2CC2)CN1C/C=C/Cl. The van der Waals surface area contributed by atoms with Crippen molar-refractivity contribution in [1.82, 2.24) is 10.2 Å². The third-order valence-electron chi connectivity index (χ3n) is 4.58. The predicted molar refractivity (Wildman–Crippen MR) is 78.9 cm³/mol. The highest BCUT2D eigenvalue weighted by Gasteiger charge is 2.47. The van der Waals surface area contributed by atoms with Gasteiger partial charge in [-0.2, -0.15) is 0 Å². The van der Waals surface area contributed by atoms with E-state index in [9.17, 15) is 0 Å². The van der Waals surface area contributed by atoms with E-state index in [1.807, 2.05) is 0 Å². The van der Waals surface area contributed by atoms with E-state index < -0.39 is 0 Å². The normalized spacial score (nSPS) is 35.3. The molecule has 2 atom stereocenters. The standard InChI is InChI=1S/C15H27ClN2/c1-14(2,3)13-10-17-15(4,12-6-7-12)11-18(13)9-5-8-16/h5,8,12-13,17H,6-7,9-11H2,1-4H3/b8-5+. The topological polar surface area (TPSA) is 15.3 Å². The fraction of sp³-hybridized carbons (Fsp3) is 0.867. The summed E-state index contributed by atoms with van der Waals surface area (Å²) in [7, 11) is 0. The molecule has 2 fully saturated rings. The molecule has 1 saturated carbocycles. The van der Waals surface area contributed by atoms with Gasteiger partial charge >= 0.3 is 0 Å². The third-order valence-corrected chi connectivity index (χ3v) is 4.76. The molecule has 0 radical (unpaired) electrons. The van der Waals surface area contributed by atoms with Gasteiger partial charge in [-0.3, -0.25) is 4.90 Å². The Morgan fingerprint density at radius 1 is 1.39 bits per heavy atom. The van der Waals surface area contributed by atoms with E-state index in [4.69, 9.17) is 11.6 Å². The van der Waals surface area contributed by atoms with Crippen LogP contribution in [-0.2, 0) is 0 Å². The molecule has 0 aromatic heterocycles. The predicted octanol–water partition coefficient (Wildman–Crippen LogP) is 3.23. The molecule has 1 aliphatic carbocycles. The van der Waals surface area contributed by atoms with Gasteiger partial charge in [0.15, 0.2) is 0 Å². The third kappa shape index (κ3) is 3.09. The first kappa shape index (κ1) is 14.4. The molecule has 104 valence electrons. The van der Waals surface area contributed by atoms with E-state index in [1.165, 1.54) is 12.8 Å². The van der Waals surface area contributed by atoms with Crippen LogP contribution >= 0.6 is 11.6 Å². The zero-order valence-corrected chi connectivity index (χ0v) is 12.9. The van der Waals surface area contributed by atoms with Gasteiger partial charge in [0.25, 0.3) is 0 Å². The Bertz CT molecular complexity index is 317. The summed E-state index contributed by atoms with van der Waals surface area (Å²) in [4.78, 5) is 2.60. The molecule has 18 heavy (non-hydrogen) atoms. The van der Waals surface area contributed by atoms with Crippen molar-refractivity contribution in [2.75, 3.05) is 19.6 Å². The first-order valence-electron chi connectivity index (χ1n) is 7.11. The quantitative estimate of drug-likeness (QED) is 0.847. The van der Waals surface area contributed by atoms with Crippen molar-refractivity contribution >= 4 is 11.6 Å². The number of piperazine rings is 1. The van der Waals surface area contributed by atoms with Gasteiger partial charge in [0.2, 0.25) is 0 Å². The minimum Gasteiger partial charge on any atom is -0.308 e. The number of nitrogens with one attached hydrogen (secondary N) is 1. The Morgan fingerprint density at radius 2 is 2.06 bits per heavy atom. The minimum absolute atomic E-state index is 0.304. The molecule has 0 bridgehead atoms. The van der Waals surface area contributed by atoms with Crippen LogP contribution < -0.4 is 5.32 Å². The van der Waals surface area contributed by atoms with Gasteiger partial charge in [-0.05, 0) is 31.1 Å². The lowest BCUT2D eigenvalue weighted by Crippen LogP contribution is -2.66. The van der Waals surface area contributed by atoms with E-state index in [0.717, 1.165) is 25.6 Å². The van der Waals surface area contributed by atoms with Crippen LogP contribution in [0.4, 0.5) is 0 Å². The van der Waals surface area contributed by atoms with Gasteiger partial charge in [-0.15, -0.1) is 0 Å². The summed E-state index contributed by atoms with van der Waals surface area (Å²) in [5, 5.41) is 3.82. The van der Waals surface area contributed by atoms with Crippen molar-refractivity contribution in [3.8, 4) is 0 Å². The van der Waals surface area contributed by atoms with Crippen LogP contribution in [0.5, 0.6) is 0 Å². The summed E-state index contributed by atoms with van der Waals surface area (Å²) in [5.41, 5.74) is 2.26. The van der Waals surface area contributed by atoms with Crippen LogP contribution in [0.3, 0.4) is 0 Å². The van der Waals surface area contributed by atoms with E-state index in [2.05, 4.69) is 44.0 Å². The summed E-state index contributed by atoms with van der Waals surface area (Å²) in [6.07, 6.45) is 4.85. The van der Waals surface area contributed by atoms with Gasteiger partial charge in [0.1, 0.15) is 0 Å². The second-order valence-electron chi connectivity index (χ2n) is 7.25. The van der Waals surface area contributed by atoms with Crippen LogP contribution in [0.15, 0.2) is 11.6 Å². The summed E-state index contributed by atoms with van der Waals surface area (Å²) >= 11 is 5.71. The number of hydrogen-bond acceptors (Lipinski definition) is 2. The smallest absolute Gasteiger partial charge is 0.0309 e. The van der Waals surface area contributed by atoms with Gasteiger partial charge in [-0.1, -0.05) is 38.4 Å². The van der Waals surface area contributed by atoms with Gasteiger partial charge in [-0.25, -0.2) is 0 Å². The fourth-order valence-electron chi connectivity index (χ4n) is 3.26. The number of nitrogens with zero attached hydrogens (tertiary/aromatic N) is 1. The zero-order chi connectivity index (χ0) is 13.4. The van der Waals surface area contributed by atoms with Crippen LogP contribution in [0.2, 0.25) is 0 Å². The first-order valence-corrected chi connectivity index (χ1v) is 7.55. The highest BCUT2D eigenvalue weighted by atomic mass is 35.5. The molecule has 1 N–H and O–H groups in total. The van der Waals surface area contributed by atoms with Crippen LogP contribution in [0, 0.1) is 11.3 Å². The van der Waals surface area contributed by atoms with Crippen LogP contribution in [0.25, 0.3) is 0 Å². The molecule has 0 aromatic carbocycles. The highest BCUT2D eigenvalue weighted by Crippen LogP contribution is 2.42. The lowest BCUT2D eigenvalue weighted by Gasteiger charge is -2.50. The van der Waals surface area contributed by atoms with Crippen molar-refractivity contribution in [1.29, 1.82) is 0 Å². The largest absolute Gasteiger partial charge is 0.308 e. The fourth-order valence-corrected chi connectivity index (χ4v) is 3.34. The maximum atomic E-state index is 5.71. The van der Waals surface area contributed by atoms with Crippen LogP contribution in [0.1, 0.15) is 40.5 Å². The molecule has 2 rings (SSSR count). The van der Waals surface area contributed by atoms with E-state index in [1.54, 1.807) is 5.54 Å². The summed E-state index contributed by atoms with van der Waals surface area (Å²) < 4.78 is 0. The maximum Gasteiger partial charge on any atom is 0.0309 e. The van der Waals surface area contributed by atoms with Crippen molar-refractivity contribution in [3.05, 3.63) is 11.6 Å². The van der Waals surface area contributed by atoms with Crippen molar-refractivity contribution in [2.24, 2.45) is 11.3 Å². The average molecular weight is 271 g/mol. The molecule has 2 aliphatic rings. The lowest BCUT2D eigenvalue weighted by atomic mass is 9.80. The molecule has 1 aliphatic heterocycles. The van der Waals surface area contributed by atoms with E-state index in [-0.39, 0.29) is 0 Å². The highest BCUT2D eigenvalue weighted by molar-refractivity contribution is 6.25. The number of rotatable bonds is 3. The van der Waals surface area contributed by atoms with Gasteiger partial charge in [0.05, 0.1) is 0 Å². The Morgan fingerprint density at radius 3 is 2.56 bits per heavy atom. The Kier molecular flexibility index (Phi) is 4.10. The molecule has 2 unspecified atom stereocenters. The molecule has 3 heteroatoms. The summed E-state index contributed by atoms with van der Waals surface area (Å²) in [6, 6.07) is 0.581. The average Bonchev–Trinajstić information content (AvgIpc) is 3.08. The Hall–Kier alpha value is -0.0500.